The molecule has 0 bridgehead atoms. The zero-order valence-electron chi connectivity index (χ0n) is 13.7. The second-order valence-electron chi connectivity index (χ2n) is 6.38. The highest BCUT2D eigenvalue weighted by Gasteiger charge is 2.22. The molecular weight excluding hydrogens is 307 g/mol. The fraction of sp³-hybridized carbons (Fsp3) is 0.444. The number of aromatic amines is 1. The zero-order valence-corrected chi connectivity index (χ0v) is 13.7. The molecule has 128 valence electrons. The minimum Gasteiger partial charge on any atom is -0.348 e. The van der Waals surface area contributed by atoms with Crippen molar-refractivity contribution in [2.24, 2.45) is 5.92 Å². The van der Waals surface area contributed by atoms with Crippen molar-refractivity contribution in [2.75, 3.05) is 25.0 Å². The van der Waals surface area contributed by atoms with Gasteiger partial charge in [0.2, 0.25) is 5.91 Å². The summed E-state index contributed by atoms with van der Waals surface area (Å²) < 4.78 is 13.1. The summed E-state index contributed by atoms with van der Waals surface area (Å²) in [7, 11) is 0. The van der Waals surface area contributed by atoms with E-state index in [2.05, 4.69) is 20.2 Å². The minimum atomic E-state index is -0.340. The van der Waals surface area contributed by atoms with E-state index in [-0.39, 0.29) is 11.7 Å². The molecule has 1 atom stereocenters. The Balaban J connectivity index is 1.35. The van der Waals surface area contributed by atoms with E-state index in [9.17, 15) is 9.18 Å². The van der Waals surface area contributed by atoms with E-state index in [1.807, 2.05) is 6.20 Å². The summed E-state index contributed by atoms with van der Waals surface area (Å²) in [5, 5.41) is 2.74. The van der Waals surface area contributed by atoms with E-state index in [1.54, 1.807) is 18.5 Å². The van der Waals surface area contributed by atoms with Crippen molar-refractivity contribution in [1.82, 2.24) is 14.9 Å². The van der Waals surface area contributed by atoms with Crippen molar-refractivity contribution in [1.29, 1.82) is 0 Å². The second kappa shape index (κ2) is 8.06. The first-order chi connectivity index (χ1) is 11.7. The van der Waals surface area contributed by atoms with Crippen molar-refractivity contribution in [3.8, 4) is 0 Å². The molecule has 1 aliphatic heterocycles. The number of aryl methyl sites for hydroxylation is 1. The van der Waals surface area contributed by atoms with E-state index in [1.165, 1.54) is 24.2 Å². The predicted octanol–water partition coefficient (Wildman–Crippen LogP) is 2.83. The van der Waals surface area contributed by atoms with Gasteiger partial charge in [0.25, 0.3) is 0 Å². The molecule has 0 spiro atoms. The number of aromatic nitrogens is 2. The molecule has 1 saturated heterocycles. The quantitative estimate of drug-likeness (QED) is 0.821. The van der Waals surface area contributed by atoms with E-state index in [4.69, 9.17) is 0 Å². The average Bonchev–Trinajstić information content (AvgIpc) is 3.23. The Morgan fingerprint density at radius 3 is 3.17 bits per heavy atom. The lowest BCUT2D eigenvalue weighted by Gasteiger charge is -2.15. The Kier molecular flexibility index (Phi) is 5.59. The maximum Gasteiger partial charge on any atom is 0.225 e. The molecule has 24 heavy (non-hydrogen) atoms. The lowest BCUT2D eigenvalue weighted by molar-refractivity contribution is -0.116. The summed E-state index contributed by atoms with van der Waals surface area (Å²) >= 11 is 0. The minimum absolute atomic E-state index is 0.0680. The van der Waals surface area contributed by atoms with Crippen LogP contribution in [0.15, 0.2) is 36.8 Å². The van der Waals surface area contributed by atoms with Gasteiger partial charge in [0, 0.05) is 37.1 Å². The van der Waals surface area contributed by atoms with Crippen molar-refractivity contribution < 1.29 is 9.18 Å². The third kappa shape index (κ3) is 4.89. The summed E-state index contributed by atoms with van der Waals surface area (Å²) in [6.45, 7) is 2.84. The molecule has 6 heteroatoms. The van der Waals surface area contributed by atoms with Gasteiger partial charge in [0.15, 0.2) is 0 Å². The number of anilines is 1. The number of halogens is 1. The van der Waals surface area contributed by atoms with Crippen LogP contribution in [-0.4, -0.2) is 40.4 Å². The van der Waals surface area contributed by atoms with Crippen molar-refractivity contribution in [2.45, 2.75) is 25.7 Å². The molecule has 3 rings (SSSR count). The molecule has 0 aliphatic carbocycles. The predicted molar refractivity (Wildman–Crippen MR) is 91.1 cm³/mol. The van der Waals surface area contributed by atoms with Gasteiger partial charge in [-0.3, -0.25) is 4.79 Å². The molecule has 0 saturated carbocycles. The number of H-pyrrole nitrogens is 1. The number of benzene rings is 1. The number of nitrogens with zero attached hydrogens (tertiary/aromatic N) is 2. The number of hydrogen-bond donors (Lipinski definition) is 2. The van der Waals surface area contributed by atoms with Crippen LogP contribution in [0.5, 0.6) is 0 Å². The Labute approximate surface area is 141 Å². The first-order valence-electron chi connectivity index (χ1n) is 8.44. The van der Waals surface area contributed by atoms with Crippen LogP contribution in [0.1, 0.15) is 25.0 Å². The topological polar surface area (TPSA) is 61.0 Å². The highest BCUT2D eigenvalue weighted by molar-refractivity contribution is 5.90. The first kappa shape index (κ1) is 16.6. The van der Waals surface area contributed by atoms with Crippen LogP contribution in [0.25, 0.3) is 0 Å². The number of nitrogens with one attached hydrogen (secondary N) is 2. The van der Waals surface area contributed by atoms with Crippen molar-refractivity contribution in [3.63, 3.8) is 0 Å². The lowest BCUT2D eigenvalue weighted by Crippen LogP contribution is -2.26. The molecule has 2 aromatic rings. The second-order valence-corrected chi connectivity index (χ2v) is 6.38. The van der Waals surface area contributed by atoms with Gasteiger partial charge in [-0.1, -0.05) is 6.07 Å². The third-order valence-electron chi connectivity index (χ3n) is 4.51. The fourth-order valence-corrected chi connectivity index (χ4v) is 3.18. The summed E-state index contributed by atoms with van der Waals surface area (Å²) in [6.07, 6.45) is 7.38. The Bertz CT molecular complexity index is 659. The van der Waals surface area contributed by atoms with Gasteiger partial charge in [-0.25, -0.2) is 9.37 Å². The SMILES string of the molecule is O=C(CCN1CCC(CCc2cnc[nH]2)C1)Nc1cccc(F)c1. The van der Waals surface area contributed by atoms with Crippen LogP contribution >= 0.6 is 0 Å². The molecule has 1 unspecified atom stereocenters. The number of carbonyl (C=O) groups excluding carboxylic acids is 1. The maximum absolute atomic E-state index is 13.1. The molecule has 5 nitrogen and oxygen atoms in total. The highest BCUT2D eigenvalue weighted by Crippen LogP contribution is 2.21. The average molecular weight is 330 g/mol. The van der Waals surface area contributed by atoms with Crippen LogP contribution in [-0.2, 0) is 11.2 Å². The van der Waals surface area contributed by atoms with E-state index < -0.39 is 0 Å². The highest BCUT2D eigenvalue weighted by atomic mass is 19.1. The van der Waals surface area contributed by atoms with E-state index >= 15 is 0 Å². The van der Waals surface area contributed by atoms with Gasteiger partial charge in [-0.15, -0.1) is 0 Å². The van der Waals surface area contributed by atoms with Gasteiger partial charge in [-0.05, 0) is 49.9 Å². The Morgan fingerprint density at radius 1 is 1.46 bits per heavy atom. The molecule has 2 N–H and O–H groups in total. The standard InChI is InChI=1S/C18H23FN4O/c19-15-2-1-3-16(10-15)22-18(24)7-9-23-8-6-14(12-23)4-5-17-11-20-13-21-17/h1-3,10-11,13-14H,4-9,12H2,(H,20,21)(H,22,24). The molecule has 1 aromatic heterocycles. The fourth-order valence-electron chi connectivity index (χ4n) is 3.18. The summed E-state index contributed by atoms with van der Waals surface area (Å²) in [4.78, 5) is 21.5. The largest absolute Gasteiger partial charge is 0.348 e. The van der Waals surface area contributed by atoms with Gasteiger partial charge < -0.3 is 15.2 Å². The molecule has 2 heterocycles. The van der Waals surface area contributed by atoms with Crippen LogP contribution in [0.4, 0.5) is 10.1 Å². The zero-order chi connectivity index (χ0) is 16.8. The molecular formula is C18H23FN4O. The number of likely N-dealkylation sites (tertiary alicyclic amines) is 1. The molecule has 1 aliphatic rings. The Hall–Kier alpha value is -2.21. The smallest absolute Gasteiger partial charge is 0.225 e. The summed E-state index contributed by atoms with van der Waals surface area (Å²) in [5.41, 5.74) is 1.70. The van der Waals surface area contributed by atoms with Crippen molar-refractivity contribution >= 4 is 11.6 Å². The van der Waals surface area contributed by atoms with Gasteiger partial charge in [0.05, 0.1) is 6.33 Å². The van der Waals surface area contributed by atoms with Crippen LogP contribution < -0.4 is 5.32 Å². The van der Waals surface area contributed by atoms with E-state index in [0.717, 1.165) is 32.5 Å². The normalized spacial score (nSPS) is 18.0. The summed E-state index contributed by atoms with van der Waals surface area (Å²) in [6, 6.07) is 5.99. The third-order valence-corrected chi connectivity index (χ3v) is 4.51. The van der Waals surface area contributed by atoms with Gasteiger partial charge in [-0.2, -0.15) is 0 Å². The molecule has 0 radical (unpaired) electrons. The van der Waals surface area contributed by atoms with Crippen LogP contribution in [0.3, 0.4) is 0 Å². The number of imidazole rings is 1. The van der Waals surface area contributed by atoms with Gasteiger partial charge in [0.1, 0.15) is 5.82 Å². The van der Waals surface area contributed by atoms with Crippen LogP contribution in [0, 0.1) is 11.7 Å². The summed E-state index contributed by atoms with van der Waals surface area (Å²) in [5.74, 6) is 0.272. The maximum atomic E-state index is 13.1. The van der Waals surface area contributed by atoms with Gasteiger partial charge >= 0.3 is 0 Å². The molecule has 1 amide bonds. The molecule has 1 fully saturated rings. The van der Waals surface area contributed by atoms with Crippen LogP contribution in [0.2, 0.25) is 0 Å². The van der Waals surface area contributed by atoms with E-state index in [0.29, 0.717) is 18.0 Å². The monoisotopic (exact) mass is 330 g/mol. The number of hydrogen-bond acceptors (Lipinski definition) is 3. The first-order valence-corrected chi connectivity index (χ1v) is 8.44. The number of rotatable bonds is 7. The van der Waals surface area contributed by atoms with Crippen molar-refractivity contribution in [3.05, 3.63) is 48.3 Å². The lowest BCUT2D eigenvalue weighted by atomic mass is 10.0. The number of amides is 1. The number of carbonyl (C=O) groups is 1. The Morgan fingerprint density at radius 2 is 2.38 bits per heavy atom. The molecule has 1 aromatic carbocycles.